The summed E-state index contributed by atoms with van der Waals surface area (Å²) in [6, 6.07) is 13.9. The predicted octanol–water partition coefficient (Wildman–Crippen LogP) is 8.16. The van der Waals surface area contributed by atoms with Gasteiger partial charge < -0.3 is 0 Å². The quantitative estimate of drug-likeness (QED) is 0.219. The fourth-order valence-corrected chi connectivity index (χ4v) is 4.39. The van der Waals surface area contributed by atoms with E-state index >= 15 is 0 Å². The monoisotopic (exact) mass is 440 g/mol. The van der Waals surface area contributed by atoms with Gasteiger partial charge in [0.05, 0.1) is 5.56 Å². The Morgan fingerprint density at radius 2 is 1.53 bits per heavy atom. The Hall–Kier alpha value is -3.13. The van der Waals surface area contributed by atoms with Crippen LogP contribution in [-0.4, -0.2) is 6.18 Å². The highest BCUT2D eigenvalue weighted by Gasteiger charge is 2.24. The van der Waals surface area contributed by atoms with Crippen molar-refractivity contribution in [1.82, 2.24) is 0 Å². The van der Waals surface area contributed by atoms with E-state index in [1.54, 1.807) is 18.1 Å². The molecular weight excluding hydrogens is 419 g/mol. The summed E-state index contributed by atoms with van der Waals surface area (Å²) in [4.78, 5) is 0. The van der Waals surface area contributed by atoms with Crippen molar-refractivity contribution >= 4 is 10.8 Å². The fourth-order valence-electron chi connectivity index (χ4n) is 4.39. The maximum absolute atomic E-state index is 14.6. The number of rotatable bonds is 3. The lowest BCUT2D eigenvalue weighted by molar-refractivity contribution is -0.0696. The molecule has 1 aliphatic rings. The van der Waals surface area contributed by atoms with E-state index < -0.39 is 23.4 Å². The Kier molecular flexibility index (Phi) is 6.06. The van der Waals surface area contributed by atoms with Gasteiger partial charge in [-0.1, -0.05) is 48.4 Å². The molecule has 164 valence electrons. The van der Waals surface area contributed by atoms with Gasteiger partial charge in [0.25, 0.3) is 0 Å². The fraction of sp³-hybridized carbons (Fsp3) is 0.259. The normalized spacial score (nSPS) is 18.8. The SMILES string of the molecule is C=CC1CCC(c2ccc(-c3ccc4c(F)c(C#CC(F)(F)F)c(F)cc4c3)cc2)CC1. The summed E-state index contributed by atoms with van der Waals surface area (Å²) in [7, 11) is 0. The summed E-state index contributed by atoms with van der Waals surface area (Å²) in [5, 5.41) is 0.291. The maximum atomic E-state index is 14.6. The molecule has 1 aliphatic carbocycles. The molecule has 5 heteroatoms. The first-order chi connectivity index (χ1) is 15.2. The van der Waals surface area contributed by atoms with Crippen LogP contribution < -0.4 is 0 Å². The minimum absolute atomic E-state index is 0.0252. The van der Waals surface area contributed by atoms with Crippen LogP contribution in [0.15, 0.2) is 61.2 Å². The summed E-state index contributed by atoms with van der Waals surface area (Å²) in [6.45, 7) is 3.88. The summed E-state index contributed by atoms with van der Waals surface area (Å²) in [6.07, 6.45) is 1.76. The van der Waals surface area contributed by atoms with Gasteiger partial charge in [-0.2, -0.15) is 13.2 Å². The third-order valence-corrected chi connectivity index (χ3v) is 6.18. The number of hydrogen-bond acceptors (Lipinski definition) is 0. The van der Waals surface area contributed by atoms with Gasteiger partial charge in [-0.05, 0) is 71.7 Å². The van der Waals surface area contributed by atoms with Crippen LogP contribution in [0.25, 0.3) is 21.9 Å². The Balaban J connectivity index is 1.61. The Bertz CT molecular complexity index is 1200. The van der Waals surface area contributed by atoms with Crippen molar-refractivity contribution in [1.29, 1.82) is 0 Å². The molecule has 4 rings (SSSR count). The minimum atomic E-state index is -4.82. The van der Waals surface area contributed by atoms with Gasteiger partial charge in [0.15, 0.2) is 0 Å². The van der Waals surface area contributed by atoms with Crippen LogP contribution in [-0.2, 0) is 0 Å². The molecular formula is C27H21F5. The summed E-state index contributed by atoms with van der Waals surface area (Å²) < 4.78 is 65.9. The highest BCUT2D eigenvalue weighted by Crippen LogP contribution is 2.37. The van der Waals surface area contributed by atoms with Gasteiger partial charge in [0.2, 0.25) is 0 Å². The molecule has 0 amide bonds. The van der Waals surface area contributed by atoms with E-state index in [0.717, 1.165) is 48.8 Å². The van der Waals surface area contributed by atoms with Gasteiger partial charge in [-0.3, -0.25) is 0 Å². The van der Waals surface area contributed by atoms with Crippen molar-refractivity contribution in [2.75, 3.05) is 0 Å². The van der Waals surface area contributed by atoms with Crippen LogP contribution in [0.1, 0.15) is 42.7 Å². The lowest BCUT2D eigenvalue weighted by atomic mass is 9.78. The molecule has 0 spiro atoms. The lowest BCUT2D eigenvalue weighted by Gasteiger charge is -2.27. The second-order valence-corrected chi connectivity index (χ2v) is 8.20. The van der Waals surface area contributed by atoms with Crippen molar-refractivity contribution in [2.24, 2.45) is 5.92 Å². The summed E-state index contributed by atoms with van der Waals surface area (Å²) >= 11 is 0. The maximum Gasteiger partial charge on any atom is 0.458 e. The van der Waals surface area contributed by atoms with E-state index in [1.165, 1.54) is 11.6 Å². The molecule has 1 fully saturated rings. The summed E-state index contributed by atoms with van der Waals surface area (Å²) in [5.74, 6) is 1.42. The third kappa shape index (κ3) is 4.70. The Labute approximate surface area is 183 Å². The zero-order valence-corrected chi connectivity index (χ0v) is 17.3. The zero-order chi connectivity index (χ0) is 22.9. The number of alkyl halides is 3. The van der Waals surface area contributed by atoms with Crippen LogP contribution in [0.2, 0.25) is 0 Å². The molecule has 0 radical (unpaired) electrons. The highest BCUT2D eigenvalue weighted by molar-refractivity contribution is 5.89. The predicted molar refractivity (Wildman–Crippen MR) is 117 cm³/mol. The van der Waals surface area contributed by atoms with Crippen LogP contribution in [0.4, 0.5) is 22.0 Å². The number of allylic oxidation sites excluding steroid dienone is 1. The van der Waals surface area contributed by atoms with Crippen molar-refractivity contribution < 1.29 is 22.0 Å². The van der Waals surface area contributed by atoms with Crippen LogP contribution in [0.5, 0.6) is 0 Å². The largest absolute Gasteiger partial charge is 0.458 e. The van der Waals surface area contributed by atoms with E-state index in [2.05, 4.69) is 18.7 Å². The van der Waals surface area contributed by atoms with Gasteiger partial charge in [0.1, 0.15) is 11.6 Å². The lowest BCUT2D eigenvalue weighted by Crippen LogP contribution is -2.11. The van der Waals surface area contributed by atoms with Crippen molar-refractivity contribution in [2.45, 2.75) is 37.8 Å². The molecule has 0 N–H and O–H groups in total. The van der Waals surface area contributed by atoms with Crippen molar-refractivity contribution in [3.05, 3.63) is 83.9 Å². The average Bonchev–Trinajstić information content (AvgIpc) is 2.78. The number of benzene rings is 3. The van der Waals surface area contributed by atoms with Crippen LogP contribution in [0.3, 0.4) is 0 Å². The Morgan fingerprint density at radius 1 is 0.875 bits per heavy atom. The zero-order valence-electron chi connectivity index (χ0n) is 17.3. The van der Waals surface area contributed by atoms with E-state index in [9.17, 15) is 22.0 Å². The molecule has 0 saturated heterocycles. The van der Waals surface area contributed by atoms with E-state index in [1.807, 2.05) is 18.2 Å². The highest BCUT2D eigenvalue weighted by atomic mass is 19.4. The first-order valence-corrected chi connectivity index (χ1v) is 10.5. The van der Waals surface area contributed by atoms with E-state index in [-0.39, 0.29) is 10.8 Å². The summed E-state index contributed by atoms with van der Waals surface area (Å²) in [5.41, 5.74) is 2.07. The third-order valence-electron chi connectivity index (χ3n) is 6.18. The number of halogens is 5. The smallest absolute Gasteiger partial charge is 0.205 e. The van der Waals surface area contributed by atoms with Crippen LogP contribution >= 0.6 is 0 Å². The molecule has 3 aromatic carbocycles. The second kappa shape index (κ2) is 8.78. The molecule has 0 heterocycles. The minimum Gasteiger partial charge on any atom is -0.205 e. The molecule has 1 saturated carbocycles. The standard InChI is InChI=1S/C27H21F5/c1-2-17-3-5-18(6-4-17)19-7-9-20(10-8-19)21-11-12-23-22(15-21)16-25(28)24(26(23)29)13-14-27(30,31)32/h2,7-12,15-18H,1,3-6H2. The molecule has 0 nitrogen and oxygen atoms in total. The number of hydrogen-bond donors (Lipinski definition) is 0. The average molecular weight is 440 g/mol. The second-order valence-electron chi connectivity index (χ2n) is 8.20. The molecule has 32 heavy (non-hydrogen) atoms. The molecule has 3 aromatic rings. The van der Waals surface area contributed by atoms with E-state index in [4.69, 9.17) is 0 Å². The topological polar surface area (TPSA) is 0 Å². The first-order valence-electron chi connectivity index (χ1n) is 10.5. The van der Waals surface area contributed by atoms with Gasteiger partial charge in [0, 0.05) is 11.3 Å². The molecule has 0 atom stereocenters. The number of fused-ring (bicyclic) bond motifs is 1. The molecule has 0 bridgehead atoms. The first kappa shape index (κ1) is 22.1. The van der Waals surface area contributed by atoms with Crippen molar-refractivity contribution in [3.63, 3.8) is 0 Å². The molecule has 0 aliphatic heterocycles. The van der Waals surface area contributed by atoms with Gasteiger partial charge >= 0.3 is 6.18 Å². The molecule has 0 aromatic heterocycles. The van der Waals surface area contributed by atoms with E-state index in [0.29, 0.717) is 11.8 Å². The molecule has 0 unspecified atom stereocenters. The Morgan fingerprint density at radius 3 is 2.16 bits per heavy atom. The van der Waals surface area contributed by atoms with Gasteiger partial charge in [-0.15, -0.1) is 6.58 Å². The van der Waals surface area contributed by atoms with Crippen LogP contribution in [0, 0.1) is 29.4 Å². The van der Waals surface area contributed by atoms with Gasteiger partial charge in [-0.25, -0.2) is 8.78 Å². The van der Waals surface area contributed by atoms with Crippen molar-refractivity contribution in [3.8, 4) is 23.0 Å².